The molecule has 0 saturated heterocycles. The lowest BCUT2D eigenvalue weighted by Crippen LogP contribution is -2.11. The number of aromatic hydroxyl groups is 4. The van der Waals surface area contributed by atoms with E-state index in [1.165, 1.54) is 12.1 Å². The molecule has 0 aliphatic heterocycles. The van der Waals surface area contributed by atoms with Gasteiger partial charge in [-0.2, -0.15) is 0 Å². The Morgan fingerprint density at radius 1 is 0.909 bits per heavy atom. The predicted octanol–water partition coefficient (Wildman–Crippen LogP) is 1.58. The fraction of sp³-hybridized carbons (Fsp3) is 0. The van der Waals surface area contributed by atoms with Crippen molar-refractivity contribution in [3.8, 4) is 23.0 Å². The van der Waals surface area contributed by atoms with E-state index in [1.807, 2.05) is 0 Å². The molecule has 0 aromatic heterocycles. The summed E-state index contributed by atoms with van der Waals surface area (Å²) < 4.78 is 0. The van der Waals surface area contributed by atoms with E-state index in [0.29, 0.717) is 16.1 Å². The highest BCUT2D eigenvalue weighted by atomic mass is 35.5. The van der Waals surface area contributed by atoms with E-state index in [9.17, 15) is 25.2 Å². The standard InChI is InChI=1S/C15H8BClO5/c16-11-10(12(19)14(21)15(22)13(11)20)8-4-9(18)7-3-5(17)1-2-6(7)8/h1-4,19-22H. The molecule has 1 aliphatic carbocycles. The molecule has 0 bridgehead atoms. The van der Waals surface area contributed by atoms with Crippen LogP contribution in [0.4, 0.5) is 0 Å². The van der Waals surface area contributed by atoms with Gasteiger partial charge >= 0.3 is 0 Å². The number of carbonyl (C=O) groups is 1. The third-order valence-corrected chi connectivity index (χ3v) is 3.75. The van der Waals surface area contributed by atoms with Gasteiger partial charge in [0.1, 0.15) is 7.85 Å². The van der Waals surface area contributed by atoms with Gasteiger partial charge in [-0.15, -0.1) is 0 Å². The number of benzene rings is 2. The Morgan fingerprint density at radius 3 is 2.23 bits per heavy atom. The molecular formula is C15H8BClO5. The molecule has 1 aliphatic rings. The van der Waals surface area contributed by atoms with Crippen LogP contribution in [0.1, 0.15) is 21.5 Å². The van der Waals surface area contributed by atoms with Gasteiger partial charge in [-0.25, -0.2) is 0 Å². The molecule has 2 radical (unpaired) electrons. The third kappa shape index (κ3) is 1.84. The van der Waals surface area contributed by atoms with Crippen molar-refractivity contribution >= 4 is 36.3 Å². The Morgan fingerprint density at radius 2 is 1.55 bits per heavy atom. The molecule has 2 aromatic rings. The summed E-state index contributed by atoms with van der Waals surface area (Å²) in [5.41, 5.74) is 0.489. The summed E-state index contributed by atoms with van der Waals surface area (Å²) in [6.07, 6.45) is 1.21. The summed E-state index contributed by atoms with van der Waals surface area (Å²) in [7, 11) is 5.71. The van der Waals surface area contributed by atoms with Crippen LogP contribution in [0.5, 0.6) is 23.0 Å². The molecule has 0 atom stereocenters. The van der Waals surface area contributed by atoms with Crippen LogP contribution in [-0.2, 0) is 0 Å². The van der Waals surface area contributed by atoms with Crippen molar-refractivity contribution in [3.63, 3.8) is 0 Å². The Hall–Kier alpha value is -2.60. The number of rotatable bonds is 1. The SMILES string of the molecule is [B]c1c(O)c(O)c(O)c(O)c1C1=CC(=O)c2cc(Cl)ccc21. The summed E-state index contributed by atoms with van der Waals surface area (Å²) in [6.45, 7) is 0. The number of carbonyl (C=O) groups excluding carboxylic acids is 1. The first kappa shape index (κ1) is 14.3. The quantitative estimate of drug-likeness (QED) is 0.364. The average molecular weight is 314 g/mol. The number of hydrogen-bond acceptors (Lipinski definition) is 5. The zero-order valence-electron chi connectivity index (χ0n) is 11.0. The van der Waals surface area contributed by atoms with Crippen LogP contribution in [0.25, 0.3) is 5.57 Å². The number of allylic oxidation sites excluding steroid dienone is 1. The summed E-state index contributed by atoms with van der Waals surface area (Å²) in [4.78, 5) is 12.0. The summed E-state index contributed by atoms with van der Waals surface area (Å²) in [6, 6.07) is 4.59. The first-order valence-electron chi connectivity index (χ1n) is 6.14. The molecule has 5 nitrogen and oxygen atoms in total. The molecule has 0 amide bonds. The lowest BCUT2D eigenvalue weighted by atomic mass is 9.83. The van der Waals surface area contributed by atoms with Crippen LogP contribution < -0.4 is 5.46 Å². The molecule has 108 valence electrons. The van der Waals surface area contributed by atoms with E-state index >= 15 is 0 Å². The molecule has 0 unspecified atom stereocenters. The summed E-state index contributed by atoms with van der Waals surface area (Å²) >= 11 is 5.85. The van der Waals surface area contributed by atoms with E-state index in [4.69, 9.17) is 19.4 Å². The molecule has 0 fully saturated rings. The number of halogens is 1. The maximum Gasteiger partial charge on any atom is 0.204 e. The molecule has 0 heterocycles. The topological polar surface area (TPSA) is 98.0 Å². The number of phenolic OH excluding ortho intramolecular Hbond substituents is 4. The van der Waals surface area contributed by atoms with Crippen molar-refractivity contribution in [1.29, 1.82) is 0 Å². The van der Waals surface area contributed by atoms with E-state index in [-0.39, 0.29) is 22.4 Å². The summed E-state index contributed by atoms with van der Waals surface area (Å²) in [5.74, 6) is -3.70. The monoisotopic (exact) mass is 314 g/mol. The minimum Gasteiger partial charge on any atom is -0.505 e. The van der Waals surface area contributed by atoms with Crippen molar-refractivity contribution in [2.45, 2.75) is 0 Å². The molecule has 7 heteroatoms. The van der Waals surface area contributed by atoms with E-state index in [0.717, 1.165) is 0 Å². The second-order valence-corrected chi connectivity index (χ2v) is 5.23. The maximum absolute atomic E-state index is 12.0. The van der Waals surface area contributed by atoms with Gasteiger partial charge in [0.05, 0.1) is 0 Å². The largest absolute Gasteiger partial charge is 0.505 e. The average Bonchev–Trinajstić information content (AvgIpc) is 2.80. The molecule has 0 spiro atoms. The minimum absolute atomic E-state index is 0.137. The van der Waals surface area contributed by atoms with Crippen molar-refractivity contribution < 1.29 is 25.2 Å². The van der Waals surface area contributed by atoms with Crippen molar-refractivity contribution in [3.05, 3.63) is 46.0 Å². The van der Waals surface area contributed by atoms with E-state index in [2.05, 4.69) is 0 Å². The van der Waals surface area contributed by atoms with Gasteiger partial charge in [-0.05, 0) is 34.8 Å². The van der Waals surface area contributed by atoms with Crippen molar-refractivity contribution in [1.82, 2.24) is 0 Å². The number of fused-ring (bicyclic) bond motifs is 1. The second-order valence-electron chi connectivity index (χ2n) is 4.80. The second kappa shape index (κ2) is 4.71. The number of ketones is 1. The molecular weight excluding hydrogens is 306 g/mol. The van der Waals surface area contributed by atoms with Crippen LogP contribution in [0.3, 0.4) is 0 Å². The predicted molar refractivity (Wildman–Crippen MR) is 81.4 cm³/mol. The van der Waals surface area contributed by atoms with Gasteiger partial charge in [0, 0.05) is 16.1 Å². The van der Waals surface area contributed by atoms with Gasteiger partial charge in [-0.1, -0.05) is 17.7 Å². The third-order valence-electron chi connectivity index (χ3n) is 3.52. The van der Waals surface area contributed by atoms with Crippen LogP contribution in [0.15, 0.2) is 24.3 Å². The highest BCUT2D eigenvalue weighted by molar-refractivity contribution is 6.39. The molecule has 22 heavy (non-hydrogen) atoms. The first-order chi connectivity index (χ1) is 10.3. The van der Waals surface area contributed by atoms with Crippen LogP contribution >= 0.6 is 11.6 Å². The zero-order chi connectivity index (χ0) is 16.2. The van der Waals surface area contributed by atoms with Crippen LogP contribution in [0.2, 0.25) is 5.02 Å². The lowest BCUT2D eigenvalue weighted by molar-refractivity contribution is 0.105. The van der Waals surface area contributed by atoms with E-state index < -0.39 is 23.0 Å². The molecule has 2 aromatic carbocycles. The van der Waals surface area contributed by atoms with Gasteiger partial charge in [-0.3, -0.25) is 4.79 Å². The maximum atomic E-state index is 12.0. The summed E-state index contributed by atoms with van der Waals surface area (Å²) in [5, 5.41) is 39.3. The van der Waals surface area contributed by atoms with Crippen molar-refractivity contribution in [2.24, 2.45) is 0 Å². The van der Waals surface area contributed by atoms with Crippen LogP contribution in [-0.4, -0.2) is 34.1 Å². The number of hydrogen-bond donors (Lipinski definition) is 4. The lowest BCUT2D eigenvalue weighted by Gasteiger charge is -2.15. The fourth-order valence-electron chi connectivity index (χ4n) is 2.44. The Bertz CT molecular complexity index is 844. The smallest absolute Gasteiger partial charge is 0.204 e. The van der Waals surface area contributed by atoms with Gasteiger partial charge in [0.15, 0.2) is 17.3 Å². The highest BCUT2D eigenvalue weighted by Crippen LogP contribution is 2.47. The first-order valence-corrected chi connectivity index (χ1v) is 6.52. The molecule has 4 N–H and O–H groups in total. The zero-order valence-corrected chi connectivity index (χ0v) is 11.7. The van der Waals surface area contributed by atoms with Crippen LogP contribution in [0, 0.1) is 0 Å². The van der Waals surface area contributed by atoms with Gasteiger partial charge in [0.2, 0.25) is 11.5 Å². The Labute approximate surface area is 131 Å². The van der Waals surface area contributed by atoms with E-state index in [1.54, 1.807) is 12.1 Å². The molecule has 0 saturated carbocycles. The Kier molecular flexibility index (Phi) is 3.07. The fourth-order valence-corrected chi connectivity index (χ4v) is 2.61. The number of phenols is 4. The Balaban J connectivity index is 2.32. The van der Waals surface area contributed by atoms with Gasteiger partial charge < -0.3 is 20.4 Å². The molecule has 3 rings (SSSR count). The minimum atomic E-state index is -0.931. The van der Waals surface area contributed by atoms with Crippen molar-refractivity contribution in [2.75, 3.05) is 0 Å². The van der Waals surface area contributed by atoms with Gasteiger partial charge in [0.25, 0.3) is 0 Å². The normalized spacial score (nSPS) is 13.1. The highest BCUT2D eigenvalue weighted by Gasteiger charge is 2.29.